The van der Waals surface area contributed by atoms with Crippen molar-refractivity contribution in [3.8, 4) is 0 Å². The summed E-state index contributed by atoms with van der Waals surface area (Å²) in [5.74, 6) is 0. The van der Waals surface area contributed by atoms with Gasteiger partial charge < -0.3 is 24.8 Å². The van der Waals surface area contributed by atoms with Crippen LogP contribution in [0, 0.1) is 0 Å². The lowest BCUT2D eigenvalue weighted by Gasteiger charge is -2.37. The quantitative estimate of drug-likeness (QED) is 0.227. The Morgan fingerprint density at radius 3 is 1.97 bits per heavy atom. The van der Waals surface area contributed by atoms with Crippen molar-refractivity contribution in [3.05, 3.63) is 12.2 Å². The minimum absolute atomic E-state index is 0.0405. The first-order valence-corrected chi connectivity index (χ1v) is 12.1. The van der Waals surface area contributed by atoms with Gasteiger partial charge >= 0.3 is 0 Å². The topological polar surface area (TPSA) is 79.2 Å². The first-order chi connectivity index (χ1) is 14.2. The summed E-state index contributed by atoms with van der Waals surface area (Å²) in [6.45, 7) is 2.61. The lowest BCUT2D eigenvalue weighted by molar-refractivity contribution is -0.211. The van der Waals surface area contributed by atoms with Gasteiger partial charge in [-0.05, 0) is 32.1 Å². The van der Waals surface area contributed by atoms with Gasteiger partial charge in [-0.3, -0.25) is 0 Å². The molecule has 0 aromatic heterocycles. The van der Waals surface area contributed by atoms with Gasteiger partial charge in [0, 0.05) is 6.61 Å². The van der Waals surface area contributed by atoms with Crippen molar-refractivity contribution in [2.75, 3.05) is 19.8 Å². The fraction of sp³-hybridized carbons (Fsp3) is 0.917. The average Bonchev–Trinajstić information content (AvgIpc) is 2.73. The summed E-state index contributed by atoms with van der Waals surface area (Å²) in [5, 5.41) is 29.0. The SMILES string of the molecule is CCCCCCCCCC/C=C/CCCCCCO[C@@H]1[C@@H](O)[C@H](O)CO[C@H]1CO. The van der Waals surface area contributed by atoms with E-state index in [0.29, 0.717) is 6.61 Å². The van der Waals surface area contributed by atoms with Gasteiger partial charge in [-0.15, -0.1) is 0 Å². The van der Waals surface area contributed by atoms with E-state index in [1.54, 1.807) is 0 Å². The van der Waals surface area contributed by atoms with Crippen LogP contribution in [0.25, 0.3) is 0 Å². The lowest BCUT2D eigenvalue weighted by Crippen LogP contribution is -2.55. The van der Waals surface area contributed by atoms with E-state index >= 15 is 0 Å². The summed E-state index contributed by atoms with van der Waals surface area (Å²) in [7, 11) is 0. The molecule has 1 heterocycles. The molecule has 1 aliphatic heterocycles. The zero-order valence-corrected chi connectivity index (χ0v) is 18.6. The summed E-state index contributed by atoms with van der Waals surface area (Å²) in [6, 6.07) is 0. The minimum Gasteiger partial charge on any atom is -0.394 e. The van der Waals surface area contributed by atoms with E-state index in [2.05, 4.69) is 19.1 Å². The van der Waals surface area contributed by atoms with Gasteiger partial charge in [-0.1, -0.05) is 76.9 Å². The lowest BCUT2D eigenvalue weighted by atomic mass is 10.0. The van der Waals surface area contributed by atoms with Crippen LogP contribution < -0.4 is 0 Å². The Balaban J connectivity index is 1.89. The fourth-order valence-electron chi connectivity index (χ4n) is 3.79. The second-order valence-corrected chi connectivity index (χ2v) is 8.39. The molecule has 1 rings (SSSR count). The fourth-order valence-corrected chi connectivity index (χ4v) is 3.79. The molecule has 0 radical (unpaired) electrons. The maximum absolute atomic E-state index is 10.0. The van der Waals surface area contributed by atoms with Crippen molar-refractivity contribution in [1.82, 2.24) is 0 Å². The third kappa shape index (κ3) is 12.7. The Kier molecular flexibility index (Phi) is 16.8. The van der Waals surface area contributed by atoms with Gasteiger partial charge in [0.05, 0.1) is 13.2 Å². The van der Waals surface area contributed by atoms with E-state index in [1.165, 1.54) is 70.6 Å². The highest BCUT2D eigenvalue weighted by Gasteiger charge is 2.39. The first kappa shape index (κ1) is 26.6. The molecule has 5 heteroatoms. The van der Waals surface area contributed by atoms with E-state index in [9.17, 15) is 15.3 Å². The average molecular weight is 415 g/mol. The van der Waals surface area contributed by atoms with Crippen LogP contribution in [0.2, 0.25) is 0 Å². The summed E-state index contributed by atoms with van der Waals surface area (Å²) in [5.41, 5.74) is 0. The Bertz CT molecular complexity index is 385. The normalized spacial score (nSPS) is 25.1. The van der Waals surface area contributed by atoms with E-state index in [-0.39, 0.29) is 13.2 Å². The third-order valence-corrected chi connectivity index (χ3v) is 5.72. The number of rotatable bonds is 18. The van der Waals surface area contributed by atoms with Crippen molar-refractivity contribution in [2.45, 2.75) is 121 Å². The van der Waals surface area contributed by atoms with Crippen LogP contribution in [0.4, 0.5) is 0 Å². The zero-order valence-electron chi connectivity index (χ0n) is 18.6. The number of ether oxygens (including phenoxy) is 2. The van der Waals surface area contributed by atoms with Gasteiger partial charge in [0.25, 0.3) is 0 Å². The highest BCUT2D eigenvalue weighted by atomic mass is 16.6. The largest absolute Gasteiger partial charge is 0.394 e. The summed E-state index contributed by atoms with van der Waals surface area (Å²) in [6.07, 6.45) is 19.3. The van der Waals surface area contributed by atoms with E-state index in [0.717, 1.165) is 19.3 Å². The molecule has 0 aromatic carbocycles. The van der Waals surface area contributed by atoms with Crippen molar-refractivity contribution in [2.24, 2.45) is 0 Å². The molecule has 0 bridgehead atoms. The molecule has 0 saturated carbocycles. The number of hydrogen-bond donors (Lipinski definition) is 3. The predicted molar refractivity (Wildman–Crippen MR) is 118 cm³/mol. The Labute approximate surface area is 178 Å². The maximum Gasteiger partial charge on any atom is 0.114 e. The molecule has 5 nitrogen and oxygen atoms in total. The smallest absolute Gasteiger partial charge is 0.114 e. The minimum atomic E-state index is -0.993. The van der Waals surface area contributed by atoms with Crippen molar-refractivity contribution >= 4 is 0 Å². The Hall–Kier alpha value is -0.460. The van der Waals surface area contributed by atoms with Gasteiger partial charge in [-0.25, -0.2) is 0 Å². The molecule has 0 spiro atoms. The standard InChI is InChI=1S/C24H46O5/c1-2-3-4-5-6-7-8-9-10-11-12-13-14-15-16-17-18-28-24-22(19-25)29-20-21(26)23(24)27/h11-12,21-27H,2-10,13-20H2,1H3/b12-11+/t21-,22+,23+,24+/m1/s1. The molecular formula is C24H46O5. The molecule has 0 aliphatic carbocycles. The third-order valence-electron chi connectivity index (χ3n) is 5.72. The Morgan fingerprint density at radius 1 is 0.828 bits per heavy atom. The number of aliphatic hydroxyl groups excluding tert-OH is 3. The zero-order chi connectivity index (χ0) is 21.2. The van der Waals surface area contributed by atoms with Gasteiger partial charge in [0.2, 0.25) is 0 Å². The molecule has 172 valence electrons. The Morgan fingerprint density at radius 2 is 1.38 bits per heavy atom. The molecule has 1 fully saturated rings. The van der Waals surface area contributed by atoms with Crippen molar-refractivity contribution < 1.29 is 24.8 Å². The van der Waals surface area contributed by atoms with Crippen LogP contribution in [-0.2, 0) is 9.47 Å². The van der Waals surface area contributed by atoms with E-state index < -0.39 is 24.4 Å². The summed E-state index contributed by atoms with van der Waals surface area (Å²) >= 11 is 0. The molecule has 3 N–H and O–H groups in total. The van der Waals surface area contributed by atoms with Gasteiger partial charge in [0.15, 0.2) is 0 Å². The van der Waals surface area contributed by atoms with Crippen LogP contribution in [0.3, 0.4) is 0 Å². The molecule has 29 heavy (non-hydrogen) atoms. The van der Waals surface area contributed by atoms with E-state index in [1.807, 2.05) is 0 Å². The predicted octanol–water partition coefficient (Wildman–Crippen LogP) is 4.52. The number of aliphatic hydroxyl groups is 3. The number of unbranched alkanes of at least 4 members (excludes halogenated alkanes) is 12. The number of allylic oxidation sites excluding steroid dienone is 2. The molecule has 0 aromatic rings. The second kappa shape index (κ2) is 18.3. The number of hydrogen-bond acceptors (Lipinski definition) is 5. The monoisotopic (exact) mass is 414 g/mol. The van der Waals surface area contributed by atoms with E-state index in [4.69, 9.17) is 9.47 Å². The molecule has 1 saturated heterocycles. The van der Waals surface area contributed by atoms with Crippen LogP contribution >= 0.6 is 0 Å². The highest BCUT2D eigenvalue weighted by molar-refractivity contribution is 4.87. The van der Waals surface area contributed by atoms with Gasteiger partial charge in [-0.2, -0.15) is 0 Å². The van der Waals surface area contributed by atoms with Gasteiger partial charge in [0.1, 0.15) is 24.4 Å². The molecule has 1 aliphatic rings. The summed E-state index contributed by atoms with van der Waals surface area (Å²) < 4.78 is 11.0. The first-order valence-electron chi connectivity index (χ1n) is 12.1. The highest BCUT2D eigenvalue weighted by Crippen LogP contribution is 2.19. The van der Waals surface area contributed by atoms with Crippen LogP contribution in [0.15, 0.2) is 12.2 Å². The van der Waals surface area contributed by atoms with Crippen molar-refractivity contribution in [1.29, 1.82) is 0 Å². The van der Waals surface area contributed by atoms with Crippen LogP contribution in [0.5, 0.6) is 0 Å². The molecule has 0 unspecified atom stereocenters. The molecule has 4 atom stereocenters. The maximum atomic E-state index is 10.0. The van der Waals surface area contributed by atoms with Crippen molar-refractivity contribution in [3.63, 3.8) is 0 Å². The second-order valence-electron chi connectivity index (χ2n) is 8.39. The molecular weight excluding hydrogens is 368 g/mol. The van der Waals surface area contributed by atoms with Crippen LogP contribution in [-0.4, -0.2) is 59.6 Å². The van der Waals surface area contributed by atoms with Crippen LogP contribution in [0.1, 0.15) is 96.8 Å². The summed E-state index contributed by atoms with van der Waals surface area (Å²) in [4.78, 5) is 0. The molecule has 0 amide bonds.